The predicted molar refractivity (Wildman–Crippen MR) is 135 cm³/mol. The number of hydrogen-bond donors (Lipinski definition) is 0. The molecule has 188 valence electrons. The van der Waals surface area contributed by atoms with Crippen LogP contribution in [0.3, 0.4) is 0 Å². The van der Waals surface area contributed by atoms with Crippen LogP contribution in [0.5, 0.6) is 5.75 Å². The van der Waals surface area contributed by atoms with E-state index in [1.165, 1.54) is 51.9 Å². The SMILES string of the molecule is O=C1CC[C@@H](CN2CCOCC2)N1c1ccc(OCCCN2CCC[C@H]2CN2CCCC2)cc1. The molecule has 7 heteroatoms. The number of morpholine rings is 1. The number of carbonyl (C=O) groups excluding carboxylic acids is 1. The molecule has 0 unspecified atom stereocenters. The number of benzene rings is 1. The Morgan fingerprint density at radius 2 is 1.59 bits per heavy atom. The molecule has 7 nitrogen and oxygen atoms in total. The maximum absolute atomic E-state index is 12.6. The number of hydrogen-bond acceptors (Lipinski definition) is 6. The van der Waals surface area contributed by atoms with Crippen molar-refractivity contribution in [2.75, 3.05) is 77.1 Å². The third-order valence-electron chi connectivity index (χ3n) is 8.04. The minimum atomic E-state index is 0.237. The van der Waals surface area contributed by atoms with Crippen LogP contribution in [0, 0.1) is 0 Å². The number of nitrogens with zero attached hydrogens (tertiary/aromatic N) is 4. The second-order valence-corrected chi connectivity index (χ2v) is 10.4. The number of anilines is 1. The Labute approximate surface area is 204 Å². The lowest BCUT2D eigenvalue weighted by atomic mass is 10.2. The van der Waals surface area contributed by atoms with Crippen molar-refractivity contribution in [3.63, 3.8) is 0 Å². The van der Waals surface area contributed by atoms with Crippen molar-refractivity contribution >= 4 is 11.6 Å². The molecule has 1 amide bonds. The number of ether oxygens (including phenoxy) is 2. The van der Waals surface area contributed by atoms with E-state index in [1.807, 2.05) is 17.0 Å². The maximum Gasteiger partial charge on any atom is 0.227 e. The highest BCUT2D eigenvalue weighted by molar-refractivity contribution is 5.96. The largest absolute Gasteiger partial charge is 0.494 e. The lowest BCUT2D eigenvalue weighted by Crippen LogP contribution is -2.46. The number of carbonyl (C=O) groups is 1. The molecule has 0 saturated carbocycles. The second kappa shape index (κ2) is 11.8. The van der Waals surface area contributed by atoms with Crippen LogP contribution in [-0.4, -0.2) is 105 Å². The first-order valence-corrected chi connectivity index (χ1v) is 13.6. The lowest BCUT2D eigenvalue weighted by Gasteiger charge is -2.33. The van der Waals surface area contributed by atoms with Crippen molar-refractivity contribution < 1.29 is 14.3 Å². The highest BCUT2D eigenvalue weighted by atomic mass is 16.5. The molecule has 4 aliphatic rings. The Kier molecular flexibility index (Phi) is 8.38. The first-order chi connectivity index (χ1) is 16.8. The van der Waals surface area contributed by atoms with Crippen molar-refractivity contribution in [3.8, 4) is 5.75 Å². The average Bonchev–Trinajstić information content (AvgIpc) is 3.61. The minimum Gasteiger partial charge on any atom is -0.494 e. The van der Waals surface area contributed by atoms with Gasteiger partial charge in [-0.3, -0.25) is 14.6 Å². The minimum absolute atomic E-state index is 0.237. The Morgan fingerprint density at radius 1 is 0.853 bits per heavy atom. The quantitative estimate of drug-likeness (QED) is 0.490. The van der Waals surface area contributed by atoms with Crippen LogP contribution < -0.4 is 9.64 Å². The molecule has 4 saturated heterocycles. The van der Waals surface area contributed by atoms with E-state index in [0.29, 0.717) is 6.42 Å². The van der Waals surface area contributed by atoms with Gasteiger partial charge in [-0.15, -0.1) is 0 Å². The molecular weight excluding hydrogens is 428 g/mol. The monoisotopic (exact) mass is 470 g/mol. The summed E-state index contributed by atoms with van der Waals surface area (Å²) in [4.78, 5) is 22.4. The van der Waals surface area contributed by atoms with Gasteiger partial charge in [0.05, 0.1) is 25.9 Å². The van der Waals surface area contributed by atoms with Crippen molar-refractivity contribution in [1.82, 2.24) is 14.7 Å². The summed E-state index contributed by atoms with van der Waals surface area (Å²) in [5.41, 5.74) is 0.995. The molecule has 0 spiro atoms. The van der Waals surface area contributed by atoms with E-state index in [9.17, 15) is 4.79 Å². The van der Waals surface area contributed by atoms with E-state index in [0.717, 1.165) is 76.3 Å². The van der Waals surface area contributed by atoms with Gasteiger partial charge in [0.15, 0.2) is 0 Å². The molecule has 1 aromatic rings. The summed E-state index contributed by atoms with van der Waals surface area (Å²) in [5, 5.41) is 0. The molecule has 4 aliphatic heterocycles. The van der Waals surface area contributed by atoms with E-state index in [2.05, 4.69) is 26.8 Å². The van der Waals surface area contributed by atoms with Crippen molar-refractivity contribution in [2.45, 2.75) is 57.0 Å². The summed E-state index contributed by atoms with van der Waals surface area (Å²) in [6.07, 6.45) is 8.07. The van der Waals surface area contributed by atoms with Crippen molar-refractivity contribution in [2.24, 2.45) is 0 Å². The van der Waals surface area contributed by atoms with E-state index >= 15 is 0 Å². The molecule has 0 aromatic heterocycles. The van der Waals surface area contributed by atoms with Crippen LogP contribution >= 0.6 is 0 Å². The molecular formula is C27H42N4O3. The fraction of sp³-hybridized carbons (Fsp3) is 0.741. The zero-order chi connectivity index (χ0) is 23.2. The number of rotatable bonds is 10. The maximum atomic E-state index is 12.6. The van der Waals surface area contributed by atoms with Gasteiger partial charge in [0.25, 0.3) is 0 Å². The van der Waals surface area contributed by atoms with Gasteiger partial charge in [0, 0.05) is 50.9 Å². The third-order valence-corrected chi connectivity index (χ3v) is 8.04. The van der Waals surface area contributed by atoms with E-state index in [1.54, 1.807) is 0 Å². The van der Waals surface area contributed by atoms with Gasteiger partial charge in [-0.25, -0.2) is 0 Å². The number of likely N-dealkylation sites (tertiary alicyclic amines) is 2. The Bertz CT molecular complexity index is 777. The molecule has 0 bridgehead atoms. The Balaban J connectivity index is 1.06. The summed E-state index contributed by atoms with van der Waals surface area (Å²) >= 11 is 0. The Morgan fingerprint density at radius 3 is 2.38 bits per heavy atom. The molecule has 4 fully saturated rings. The molecule has 5 rings (SSSR count). The lowest BCUT2D eigenvalue weighted by molar-refractivity contribution is -0.117. The fourth-order valence-corrected chi connectivity index (χ4v) is 6.17. The Hall–Kier alpha value is -1.67. The molecule has 1 aromatic carbocycles. The van der Waals surface area contributed by atoms with Gasteiger partial charge >= 0.3 is 0 Å². The van der Waals surface area contributed by atoms with Crippen LogP contribution in [0.15, 0.2) is 24.3 Å². The molecule has 0 aliphatic carbocycles. The van der Waals surface area contributed by atoms with E-state index in [4.69, 9.17) is 9.47 Å². The first-order valence-electron chi connectivity index (χ1n) is 13.6. The fourth-order valence-electron chi connectivity index (χ4n) is 6.17. The zero-order valence-corrected chi connectivity index (χ0v) is 20.7. The van der Waals surface area contributed by atoms with Crippen LogP contribution in [0.25, 0.3) is 0 Å². The molecule has 0 radical (unpaired) electrons. The van der Waals surface area contributed by atoms with Gasteiger partial charge in [0.1, 0.15) is 5.75 Å². The van der Waals surface area contributed by atoms with E-state index < -0.39 is 0 Å². The topological polar surface area (TPSA) is 48.5 Å². The average molecular weight is 471 g/mol. The summed E-state index contributed by atoms with van der Waals surface area (Å²) < 4.78 is 11.5. The van der Waals surface area contributed by atoms with E-state index in [-0.39, 0.29) is 11.9 Å². The van der Waals surface area contributed by atoms with Gasteiger partial charge in [-0.05, 0) is 82.4 Å². The molecule has 2 atom stereocenters. The van der Waals surface area contributed by atoms with Gasteiger partial charge in [-0.1, -0.05) is 0 Å². The highest BCUT2D eigenvalue weighted by Gasteiger charge is 2.33. The molecule has 34 heavy (non-hydrogen) atoms. The third kappa shape index (κ3) is 6.11. The molecule has 4 heterocycles. The normalized spacial score (nSPS) is 27.2. The molecule has 0 N–H and O–H groups in total. The van der Waals surface area contributed by atoms with Gasteiger partial charge in [0.2, 0.25) is 5.91 Å². The summed E-state index contributed by atoms with van der Waals surface area (Å²) in [5.74, 6) is 1.14. The summed E-state index contributed by atoms with van der Waals surface area (Å²) in [6.45, 7) is 11.4. The van der Waals surface area contributed by atoms with Crippen LogP contribution in [0.2, 0.25) is 0 Å². The smallest absolute Gasteiger partial charge is 0.227 e. The van der Waals surface area contributed by atoms with Crippen LogP contribution in [-0.2, 0) is 9.53 Å². The van der Waals surface area contributed by atoms with Crippen LogP contribution in [0.4, 0.5) is 5.69 Å². The van der Waals surface area contributed by atoms with Crippen LogP contribution in [0.1, 0.15) is 44.9 Å². The standard InChI is InChI=1S/C27H42N4O3/c32-27-11-8-25(22-29-16-19-33-20-17-29)31(27)23-6-9-26(10-7-23)34-18-4-15-30-14-3-5-24(30)21-28-12-1-2-13-28/h6-7,9-10,24-25H,1-5,8,11-22H2/t24-,25-/m0/s1. The number of amides is 1. The summed E-state index contributed by atoms with van der Waals surface area (Å²) in [6, 6.07) is 9.15. The van der Waals surface area contributed by atoms with Gasteiger partial charge in [-0.2, -0.15) is 0 Å². The van der Waals surface area contributed by atoms with Crippen molar-refractivity contribution in [3.05, 3.63) is 24.3 Å². The van der Waals surface area contributed by atoms with Crippen molar-refractivity contribution in [1.29, 1.82) is 0 Å². The first kappa shape index (κ1) is 24.0. The van der Waals surface area contributed by atoms with Gasteiger partial charge < -0.3 is 19.3 Å². The summed E-state index contributed by atoms with van der Waals surface area (Å²) in [7, 11) is 0. The zero-order valence-electron chi connectivity index (χ0n) is 20.7. The predicted octanol–water partition coefficient (Wildman–Crippen LogP) is 2.84. The highest BCUT2D eigenvalue weighted by Crippen LogP contribution is 2.29. The second-order valence-electron chi connectivity index (χ2n) is 10.4.